The molecule has 0 aliphatic carbocycles. The normalized spacial score (nSPS) is 14.2. The van der Waals surface area contributed by atoms with Crippen molar-refractivity contribution in [2.24, 2.45) is 0 Å². The van der Waals surface area contributed by atoms with Crippen molar-refractivity contribution in [3.05, 3.63) is 72.9 Å². The summed E-state index contributed by atoms with van der Waals surface area (Å²) in [4.78, 5) is 37.6. The van der Waals surface area contributed by atoms with E-state index in [2.05, 4.69) is 86.8 Å². The van der Waals surface area contributed by atoms with Crippen LogP contribution in [-0.4, -0.2) is 74.3 Å². The van der Waals surface area contributed by atoms with Gasteiger partial charge in [0, 0.05) is 12.8 Å². The second-order valence-electron chi connectivity index (χ2n) is 21.9. The molecule has 0 saturated heterocycles. The van der Waals surface area contributed by atoms with Crippen LogP contribution in [0.3, 0.4) is 0 Å². The van der Waals surface area contributed by atoms with Gasteiger partial charge in [0.1, 0.15) is 19.3 Å². The number of hydrogen-bond donors (Lipinski definition) is 2. The van der Waals surface area contributed by atoms with Crippen molar-refractivity contribution in [1.82, 2.24) is 5.32 Å². The molecule has 0 bridgehead atoms. The lowest BCUT2D eigenvalue weighted by atomic mass is 10.0. The van der Waals surface area contributed by atoms with Gasteiger partial charge < -0.3 is 19.4 Å². The zero-order valence-electron chi connectivity index (χ0n) is 49.1. The van der Waals surface area contributed by atoms with E-state index >= 15 is 0 Å². The fraction of sp³-hybridized carbons (Fsp3) is 0.781. The van der Waals surface area contributed by atoms with Crippen LogP contribution in [0.4, 0.5) is 0 Å². The maximum atomic E-state index is 13.5. The Morgan fingerprint density at radius 1 is 0.473 bits per heavy atom. The molecule has 0 radical (unpaired) electrons. The van der Waals surface area contributed by atoms with Crippen LogP contribution >= 0.6 is 7.82 Å². The van der Waals surface area contributed by atoms with Gasteiger partial charge >= 0.3 is 13.8 Å². The molecule has 2 N–H and O–H groups in total. The minimum Gasteiger partial charge on any atom is -0.456 e. The monoisotopic (exact) mass is 1060 g/mol. The minimum atomic E-state index is -4.45. The zero-order valence-corrected chi connectivity index (χ0v) is 50.0. The van der Waals surface area contributed by atoms with E-state index in [4.69, 9.17) is 13.8 Å². The van der Waals surface area contributed by atoms with Crippen molar-refractivity contribution in [3.63, 3.8) is 0 Å². The SMILES string of the molecule is CCCC/C=C\CCCCCCCC(=O)NC(COP(=O)(O)OCC[N+](C)(C)C)C(/C=C\CCCCCCCCCCCC)OC(=O)CCCCCCCCCCC/C=C\C/C=C\C/C=C\C/C=C\CCCCC. The van der Waals surface area contributed by atoms with Gasteiger partial charge in [-0.25, -0.2) is 4.57 Å². The molecule has 0 saturated carbocycles. The molecule has 3 unspecified atom stereocenters. The van der Waals surface area contributed by atoms with E-state index in [-0.39, 0.29) is 31.5 Å². The smallest absolute Gasteiger partial charge is 0.456 e. The molecule has 0 spiro atoms. The molecule has 0 heterocycles. The third-order valence-corrected chi connectivity index (χ3v) is 14.4. The molecule has 0 aromatic rings. The highest BCUT2D eigenvalue weighted by atomic mass is 31.2. The second kappa shape index (κ2) is 53.8. The number of phosphoric acid groups is 1. The molecule has 0 aliphatic rings. The van der Waals surface area contributed by atoms with E-state index in [1.807, 2.05) is 33.3 Å². The van der Waals surface area contributed by atoms with Gasteiger partial charge in [-0.2, -0.15) is 0 Å². The lowest BCUT2D eigenvalue weighted by Crippen LogP contribution is -2.47. The van der Waals surface area contributed by atoms with Crippen molar-refractivity contribution in [3.8, 4) is 0 Å². The first kappa shape index (κ1) is 71.5. The number of carbonyl (C=O) groups excluding carboxylic acids is 2. The lowest BCUT2D eigenvalue weighted by Gasteiger charge is -2.27. The highest BCUT2D eigenvalue weighted by molar-refractivity contribution is 7.47. The van der Waals surface area contributed by atoms with Crippen LogP contribution in [0.1, 0.15) is 271 Å². The second-order valence-corrected chi connectivity index (χ2v) is 23.3. The number of esters is 1. The van der Waals surface area contributed by atoms with Gasteiger partial charge in [0.15, 0.2) is 0 Å². The number of phosphoric ester groups is 1. The van der Waals surface area contributed by atoms with Crippen molar-refractivity contribution in [2.75, 3.05) is 40.9 Å². The predicted molar refractivity (Wildman–Crippen MR) is 318 cm³/mol. The molecule has 74 heavy (non-hydrogen) atoms. The summed E-state index contributed by atoms with van der Waals surface area (Å²) in [6.07, 6.45) is 69.0. The molecule has 1 amide bonds. The van der Waals surface area contributed by atoms with E-state index < -0.39 is 20.0 Å². The maximum absolute atomic E-state index is 13.5. The third-order valence-electron chi connectivity index (χ3n) is 13.4. The largest absolute Gasteiger partial charge is 0.472 e. The number of rotatable bonds is 55. The number of quaternary nitrogens is 1. The van der Waals surface area contributed by atoms with E-state index in [0.717, 1.165) is 116 Å². The molecule has 0 fully saturated rings. The van der Waals surface area contributed by atoms with E-state index in [1.165, 1.54) is 122 Å². The summed E-state index contributed by atoms with van der Waals surface area (Å²) < 4.78 is 30.6. The number of nitrogens with zero attached hydrogens (tertiary/aromatic N) is 1. The zero-order chi connectivity index (χ0) is 54.3. The fourth-order valence-corrected chi connectivity index (χ4v) is 9.29. The minimum absolute atomic E-state index is 0.0357. The standard InChI is InChI=1S/C64H117N2O7P/c1-7-10-13-16-19-22-25-27-28-29-30-31-32-33-34-35-36-37-38-39-42-45-48-51-54-57-64(68)73-62(55-52-49-46-43-41-26-23-20-17-14-11-8-2)61(60-72-74(69,70)71-59-58-66(4,5)6)65-63(67)56-53-50-47-44-40-24-21-18-15-12-9-3/h18-19,21-22,27-28,30-31,33-34,52,55,61-62H,7-17,20,23-26,29,32,35-51,53-54,56-60H2,1-6H3,(H-,65,67,69,70)/p+1/b21-18-,22-19-,28-27-,31-30-,34-33-,55-52-. The Kier molecular flexibility index (Phi) is 52.0. The number of carbonyl (C=O) groups is 2. The number of hydrogen-bond acceptors (Lipinski definition) is 6. The first-order chi connectivity index (χ1) is 35.9. The average Bonchev–Trinajstić information content (AvgIpc) is 3.36. The van der Waals surface area contributed by atoms with Gasteiger partial charge in [-0.3, -0.25) is 18.6 Å². The van der Waals surface area contributed by atoms with Crippen molar-refractivity contribution in [1.29, 1.82) is 0 Å². The van der Waals surface area contributed by atoms with Crippen LogP contribution in [0.25, 0.3) is 0 Å². The quantitative estimate of drug-likeness (QED) is 0.0205. The lowest BCUT2D eigenvalue weighted by molar-refractivity contribution is -0.870. The number of unbranched alkanes of at least 4 members (excludes halogenated alkanes) is 29. The van der Waals surface area contributed by atoms with Crippen molar-refractivity contribution >= 4 is 19.7 Å². The highest BCUT2D eigenvalue weighted by Crippen LogP contribution is 2.43. The maximum Gasteiger partial charge on any atom is 0.472 e. The number of nitrogens with one attached hydrogen (secondary N) is 1. The van der Waals surface area contributed by atoms with E-state index in [0.29, 0.717) is 17.4 Å². The highest BCUT2D eigenvalue weighted by Gasteiger charge is 2.30. The van der Waals surface area contributed by atoms with Gasteiger partial charge in [0.2, 0.25) is 5.91 Å². The summed E-state index contributed by atoms with van der Waals surface area (Å²) in [6.45, 7) is 6.93. The molecule has 3 atom stereocenters. The number of allylic oxidation sites excluding steroid dienone is 11. The molecule has 0 aromatic carbocycles. The van der Waals surface area contributed by atoms with E-state index in [1.54, 1.807) is 0 Å². The Hall–Kier alpha value is -2.55. The van der Waals surface area contributed by atoms with Crippen LogP contribution in [0.5, 0.6) is 0 Å². The number of ether oxygens (including phenoxy) is 1. The van der Waals surface area contributed by atoms with Gasteiger partial charge in [-0.15, -0.1) is 0 Å². The van der Waals surface area contributed by atoms with Gasteiger partial charge in [0.25, 0.3) is 0 Å². The Bertz CT molecular complexity index is 1500. The fourth-order valence-electron chi connectivity index (χ4n) is 8.55. The summed E-state index contributed by atoms with van der Waals surface area (Å²) in [5.41, 5.74) is 0. The van der Waals surface area contributed by atoms with Crippen LogP contribution in [0, 0.1) is 0 Å². The van der Waals surface area contributed by atoms with Gasteiger partial charge in [0.05, 0.1) is 33.8 Å². The van der Waals surface area contributed by atoms with Crippen LogP contribution in [0.2, 0.25) is 0 Å². The Morgan fingerprint density at radius 3 is 1.31 bits per heavy atom. The van der Waals surface area contributed by atoms with Crippen molar-refractivity contribution < 1.29 is 37.3 Å². The molecular formula is C64H118N2O7P+. The van der Waals surface area contributed by atoms with Crippen molar-refractivity contribution in [2.45, 2.75) is 283 Å². The van der Waals surface area contributed by atoms with Gasteiger partial charge in [-0.05, 0) is 96.0 Å². The third kappa shape index (κ3) is 54.2. The Balaban J connectivity index is 5.13. The molecule has 0 aromatic heterocycles. The number of likely N-dealkylation sites (N-methyl/N-ethyl adjacent to an activating group) is 1. The predicted octanol–water partition coefficient (Wildman–Crippen LogP) is 18.8. The van der Waals surface area contributed by atoms with Crippen LogP contribution < -0.4 is 5.32 Å². The van der Waals surface area contributed by atoms with Crippen LogP contribution in [-0.2, 0) is 27.9 Å². The molecule has 0 aliphatic heterocycles. The summed E-state index contributed by atoms with van der Waals surface area (Å²) in [5.74, 6) is -0.523. The topological polar surface area (TPSA) is 111 Å². The molecule has 10 heteroatoms. The van der Waals surface area contributed by atoms with Crippen LogP contribution in [0.15, 0.2) is 72.9 Å². The Labute approximate surface area is 457 Å². The first-order valence-corrected chi connectivity index (χ1v) is 32.3. The first-order valence-electron chi connectivity index (χ1n) is 30.8. The van der Waals surface area contributed by atoms with Gasteiger partial charge in [-0.1, -0.05) is 235 Å². The van der Waals surface area contributed by atoms with E-state index in [9.17, 15) is 19.0 Å². The average molecular weight is 1060 g/mol. The Morgan fingerprint density at radius 2 is 0.838 bits per heavy atom. The summed E-state index contributed by atoms with van der Waals surface area (Å²) in [5, 5.41) is 3.04. The molecule has 430 valence electrons. The molecule has 9 nitrogen and oxygen atoms in total. The molecular weight excluding hydrogens is 940 g/mol. The summed E-state index contributed by atoms with van der Waals surface area (Å²) in [6, 6.07) is -0.856. The summed E-state index contributed by atoms with van der Waals surface area (Å²) >= 11 is 0. The summed E-state index contributed by atoms with van der Waals surface area (Å²) in [7, 11) is 1.48. The number of amides is 1. The molecule has 0 rings (SSSR count).